The van der Waals surface area contributed by atoms with Crippen molar-refractivity contribution in [1.29, 1.82) is 5.26 Å². The molecule has 2 aromatic carbocycles. The van der Waals surface area contributed by atoms with Crippen LogP contribution < -0.4 is 9.47 Å². The predicted molar refractivity (Wildman–Crippen MR) is 68.4 cm³/mol. The maximum Gasteiger partial charge on any atom is 0.165 e. The van der Waals surface area contributed by atoms with Crippen molar-refractivity contribution in [3.05, 3.63) is 59.2 Å². The molecule has 0 aliphatic heterocycles. The number of ether oxygens (including phenoxy) is 2. The molecule has 0 unspecified atom stereocenters. The first-order valence-corrected chi connectivity index (χ1v) is 5.79. The zero-order valence-corrected chi connectivity index (χ0v) is 10.7. The van der Waals surface area contributed by atoms with Gasteiger partial charge in [0.1, 0.15) is 6.61 Å². The van der Waals surface area contributed by atoms with Gasteiger partial charge in [-0.25, -0.2) is 8.78 Å². The summed E-state index contributed by atoms with van der Waals surface area (Å²) in [6.07, 6.45) is 0. The van der Waals surface area contributed by atoms with E-state index in [0.717, 1.165) is 6.07 Å². The Hall–Kier alpha value is -2.61. The van der Waals surface area contributed by atoms with Gasteiger partial charge in [0, 0.05) is 11.6 Å². The Balaban J connectivity index is 2.19. The number of nitrogens with zero attached hydrogens (tertiary/aromatic N) is 1. The van der Waals surface area contributed by atoms with Gasteiger partial charge < -0.3 is 9.47 Å². The van der Waals surface area contributed by atoms with E-state index in [4.69, 9.17) is 14.7 Å². The molecular formula is C15H11F2NO2. The van der Waals surface area contributed by atoms with E-state index < -0.39 is 11.6 Å². The SMILES string of the molecule is COc1cc(C#N)ccc1OCc1cccc(F)c1F. The van der Waals surface area contributed by atoms with Crippen LogP contribution in [0.1, 0.15) is 11.1 Å². The molecule has 0 N–H and O–H groups in total. The van der Waals surface area contributed by atoms with E-state index in [1.807, 2.05) is 6.07 Å². The molecule has 0 spiro atoms. The van der Waals surface area contributed by atoms with Crippen LogP contribution in [0.5, 0.6) is 11.5 Å². The lowest BCUT2D eigenvalue weighted by Crippen LogP contribution is -2.01. The Kier molecular flexibility index (Phi) is 4.16. The van der Waals surface area contributed by atoms with Crippen molar-refractivity contribution in [3.8, 4) is 17.6 Å². The topological polar surface area (TPSA) is 42.2 Å². The van der Waals surface area contributed by atoms with Gasteiger partial charge in [-0.05, 0) is 18.2 Å². The summed E-state index contributed by atoms with van der Waals surface area (Å²) in [5.41, 5.74) is 0.530. The quantitative estimate of drug-likeness (QED) is 0.858. The summed E-state index contributed by atoms with van der Waals surface area (Å²) in [6, 6.07) is 10.5. The molecule has 5 heteroatoms. The lowest BCUT2D eigenvalue weighted by Gasteiger charge is -2.11. The highest BCUT2D eigenvalue weighted by Gasteiger charge is 2.10. The summed E-state index contributed by atoms with van der Waals surface area (Å²) in [5, 5.41) is 8.79. The van der Waals surface area contributed by atoms with E-state index in [0.29, 0.717) is 17.1 Å². The van der Waals surface area contributed by atoms with Crippen LogP contribution >= 0.6 is 0 Å². The Bertz CT molecular complexity index is 665. The summed E-state index contributed by atoms with van der Waals surface area (Å²) < 4.78 is 37.0. The third kappa shape index (κ3) is 2.86. The minimum atomic E-state index is -0.930. The number of halogens is 2. The largest absolute Gasteiger partial charge is 0.493 e. The zero-order chi connectivity index (χ0) is 14.5. The average Bonchev–Trinajstić information content (AvgIpc) is 2.48. The van der Waals surface area contributed by atoms with Gasteiger partial charge in [-0.3, -0.25) is 0 Å². The van der Waals surface area contributed by atoms with E-state index in [1.165, 1.54) is 25.3 Å². The monoisotopic (exact) mass is 275 g/mol. The predicted octanol–water partition coefficient (Wildman–Crippen LogP) is 3.42. The molecule has 20 heavy (non-hydrogen) atoms. The smallest absolute Gasteiger partial charge is 0.165 e. The summed E-state index contributed by atoms with van der Waals surface area (Å²) in [6.45, 7) is -0.133. The fraction of sp³-hybridized carbons (Fsp3) is 0.133. The first-order chi connectivity index (χ1) is 9.65. The first-order valence-electron chi connectivity index (χ1n) is 5.79. The van der Waals surface area contributed by atoms with Gasteiger partial charge in [-0.1, -0.05) is 12.1 Å². The molecular weight excluding hydrogens is 264 g/mol. The Labute approximate surface area is 115 Å². The van der Waals surface area contributed by atoms with Gasteiger partial charge in [0.15, 0.2) is 23.1 Å². The Morgan fingerprint density at radius 1 is 1.15 bits per heavy atom. The maximum absolute atomic E-state index is 13.5. The standard InChI is InChI=1S/C15H11F2NO2/c1-19-14-7-10(8-18)5-6-13(14)20-9-11-3-2-4-12(16)15(11)17/h2-7H,9H2,1H3. The molecule has 0 amide bonds. The normalized spacial score (nSPS) is 9.90. The molecule has 0 fully saturated rings. The van der Waals surface area contributed by atoms with Crippen molar-refractivity contribution in [2.24, 2.45) is 0 Å². The van der Waals surface area contributed by atoms with Crippen molar-refractivity contribution in [2.75, 3.05) is 7.11 Å². The highest BCUT2D eigenvalue weighted by Crippen LogP contribution is 2.28. The first kappa shape index (κ1) is 13.8. The van der Waals surface area contributed by atoms with Crippen molar-refractivity contribution in [3.63, 3.8) is 0 Å². The second-order valence-corrected chi connectivity index (χ2v) is 3.98. The molecule has 0 atom stereocenters. The summed E-state index contributed by atoms with van der Waals surface area (Å²) in [4.78, 5) is 0. The summed E-state index contributed by atoms with van der Waals surface area (Å²) in [7, 11) is 1.44. The Morgan fingerprint density at radius 2 is 1.95 bits per heavy atom. The van der Waals surface area contributed by atoms with Crippen molar-refractivity contribution < 1.29 is 18.3 Å². The lowest BCUT2D eigenvalue weighted by atomic mass is 10.2. The van der Waals surface area contributed by atoms with Gasteiger partial charge in [-0.15, -0.1) is 0 Å². The molecule has 0 heterocycles. The second kappa shape index (κ2) is 6.02. The molecule has 0 saturated carbocycles. The van der Waals surface area contributed by atoms with E-state index in [2.05, 4.69) is 0 Å². The van der Waals surface area contributed by atoms with Gasteiger partial charge in [-0.2, -0.15) is 5.26 Å². The molecule has 0 bridgehead atoms. The highest BCUT2D eigenvalue weighted by molar-refractivity contribution is 5.46. The van der Waals surface area contributed by atoms with Gasteiger partial charge in [0.25, 0.3) is 0 Å². The van der Waals surface area contributed by atoms with Crippen molar-refractivity contribution in [2.45, 2.75) is 6.61 Å². The number of methoxy groups -OCH3 is 1. The second-order valence-electron chi connectivity index (χ2n) is 3.98. The minimum absolute atomic E-state index is 0.108. The fourth-order valence-corrected chi connectivity index (χ4v) is 1.67. The molecule has 0 radical (unpaired) electrons. The van der Waals surface area contributed by atoms with Crippen molar-refractivity contribution >= 4 is 0 Å². The molecule has 0 aliphatic rings. The maximum atomic E-state index is 13.5. The fourth-order valence-electron chi connectivity index (χ4n) is 1.67. The van der Waals surface area contributed by atoms with E-state index in [9.17, 15) is 8.78 Å². The average molecular weight is 275 g/mol. The van der Waals surface area contributed by atoms with E-state index >= 15 is 0 Å². The molecule has 0 saturated heterocycles. The van der Waals surface area contributed by atoms with Gasteiger partial charge in [0.05, 0.1) is 18.7 Å². The third-order valence-electron chi connectivity index (χ3n) is 2.71. The molecule has 0 aromatic heterocycles. The molecule has 3 nitrogen and oxygen atoms in total. The highest BCUT2D eigenvalue weighted by atomic mass is 19.2. The van der Waals surface area contributed by atoms with Crippen LogP contribution in [0, 0.1) is 23.0 Å². The summed E-state index contributed by atoms with van der Waals surface area (Å²) >= 11 is 0. The van der Waals surface area contributed by atoms with Crippen molar-refractivity contribution in [1.82, 2.24) is 0 Å². The van der Waals surface area contributed by atoms with Crippen LogP contribution in [0.3, 0.4) is 0 Å². The molecule has 0 aliphatic carbocycles. The number of rotatable bonds is 4. The molecule has 2 aromatic rings. The van der Waals surface area contributed by atoms with Crippen LogP contribution in [-0.2, 0) is 6.61 Å². The van der Waals surface area contributed by atoms with E-state index in [-0.39, 0.29) is 12.2 Å². The van der Waals surface area contributed by atoms with Gasteiger partial charge >= 0.3 is 0 Å². The van der Waals surface area contributed by atoms with Crippen LogP contribution in [0.2, 0.25) is 0 Å². The third-order valence-corrected chi connectivity index (χ3v) is 2.71. The summed E-state index contributed by atoms with van der Waals surface area (Å²) in [5.74, 6) is -1.13. The zero-order valence-electron chi connectivity index (χ0n) is 10.7. The van der Waals surface area contributed by atoms with Crippen LogP contribution in [-0.4, -0.2) is 7.11 Å². The Morgan fingerprint density at radius 3 is 2.65 bits per heavy atom. The van der Waals surface area contributed by atoms with Crippen LogP contribution in [0.4, 0.5) is 8.78 Å². The van der Waals surface area contributed by atoms with E-state index in [1.54, 1.807) is 12.1 Å². The number of hydrogen-bond acceptors (Lipinski definition) is 3. The molecule has 102 valence electrons. The van der Waals surface area contributed by atoms with Crippen LogP contribution in [0.15, 0.2) is 36.4 Å². The lowest BCUT2D eigenvalue weighted by molar-refractivity contribution is 0.278. The van der Waals surface area contributed by atoms with Crippen LogP contribution in [0.25, 0.3) is 0 Å². The minimum Gasteiger partial charge on any atom is -0.493 e. The number of benzene rings is 2. The number of nitriles is 1. The molecule has 2 rings (SSSR count). The van der Waals surface area contributed by atoms with Gasteiger partial charge in [0.2, 0.25) is 0 Å². The number of hydrogen-bond donors (Lipinski definition) is 0.